The number of amidine groups is 1. The molecule has 3 heterocycles. The van der Waals surface area contributed by atoms with Crippen LogP contribution in [0.4, 0.5) is 8.78 Å². The van der Waals surface area contributed by atoms with Crippen molar-refractivity contribution in [3.05, 3.63) is 52.7 Å². The van der Waals surface area contributed by atoms with Gasteiger partial charge in [-0.3, -0.25) is 14.0 Å². The predicted octanol–water partition coefficient (Wildman–Crippen LogP) is 2.53. The summed E-state index contributed by atoms with van der Waals surface area (Å²) in [6.45, 7) is 2.36. The number of aliphatic imine (C=N–C) groups is 1. The number of halogens is 2. The molecule has 1 aromatic heterocycles. The first-order valence-electron chi connectivity index (χ1n) is 11.0. The molecule has 2 aromatic rings. The highest BCUT2D eigenvalue weighted by molar-refractivity contribution is 8.03. The van der Waals surface area contributed by atoms with Gasteiger partial charge in [-0.2, -0.15) is 0 Å². The number of carbonyl (C=O) groups excluding carboxylic acids is 1. The third kappa shape index (κ3) is 3.78. The minimum Gasteiger partial charge on any atom is -0.463 e. The highest BCUT2D eigenvalue weighted by Gasteiger charge is 2.61. The van der Waals surface area contributed by atoms with Crippen LogP contribution in [0.25, 0.3) is 0 Å². The first-order valence-corrected chi connectivity index (χ1v) is 12.8. The second-order valence-corrected chi connectivity index (χ2v) is 11.9. The third-order valence-corrected chi connectivity index (χ3v) is 10.5. The Morgan fingerprint density at radius 3 is 2.86 bits per heavy atom. The SMILES string of the molecule is C#CCOc1cnc(C(=O)Cc2ccc(F)c([C@@]3(C)N=C(N)[C@@]4(CF)CCC3S4(=C)=O)c2)c(C)n1. The lowest BCUT2D eigenvalue weighted by molar-refractivity contribution is 0.0986. The smallest absolute Gasteiger partial charge is 0.233 e. The Hall–Kier alpha value is -3.32. The molecule has 35 heavy (non-hydrogen) atoms. The molecule has 184 valence electrons. The van der Waals surface area contributed by atoms with E-state index in [0.717, 1.165) is 0 Å². The van der Waals surface area contributed by atoms with Crippen molar-refractivity contribution in [1.82, 2.24) is 9.97 Å². The number of hydrogen-bond donors (Lipinski definition) is 1. The van der Waals surface area contributed by atoms with E-state index in [-0.39, 0.29) is 48.2 Å². The van der Waals surface area contributed by atoms with E-state index in [9.17, 15) is 13.4 Å². The van der Waals surface area contributed by atoms with Crippen molar-refractivity contribution in [2.75, 3.05) is 13.3 Å². The molecule has 0 spiro atoms. The maximum atomic E-state index is 15.1. The summed E-state index contributed by atoms with van der Waals surface area (Å²) < 4.78 is 46.6. The van der Waals surface area contributed by atoms with Crippen molar-refractivity contribution in [2.45, 2.75) is 48.6 Å². The fraction of sp³-hybridized carbons (Fsp3) is 0.400. The molecular formula is C25H26F2N4O3S. The topological polar surface area (TPSA) is 108 Å². The Kier molecular flexibility index (Phi) is 6.18. The maximum Gasteiger partial charge on any atom is 0.233 e. The number of fused-ring (bicyclic) bond motifs is 2. The van der Waals surface area contributed by atoms with Crippen LogP contribution in [0.15, 0.2) is 29.4 Å². The number of rotatable bonds is 7. The average Bonchev–Trinajstić information content (AvgIpc) is 3.02. The number of nitrogens with zero attached hydrogens (tertiary/aromatic N) is 3. The number of Topliss-reactive ketones (excluding diaryl/α,β-unsaturated/α-hetero) is 1. The monoisotopic (exact) mass is 500 g/mol. The molecule has 0 saturated carbocycles. The quantitative estimate of drug-likeness (QED) is 0.356. The molecule has 2 N–H and O–H groups in total. The molecule has 2 aliphatic heterocycles. The predicted molar refractivity (Wildman–Crippen MR) is 131 cm³/mol. The van der Waals surface area contributed by atoms with Gasteiger partial charge >= 0.3 is 0 Å². The number of aromatic nitrogens is 2. The molecule has 4 atom stereocenters. The fourth-order valence-corrected chi connectivity index (χ4v) is 8.11. The summed E-state index contributed by atoms with van der Waals surface area (Å²) in [5.41, 5.74) is 5.99. The molecule has 1 saturated heterocycles. The van der Waals surface area contributed by atoms with Gasteiger partial charge in [0.1, 0.15) is 34.3 Å². The van der Waals surface area contributed by atoms with Crippen LogP contribution < -0.4 is 10.5 Å². The average molecular weight is 501 g/mol. The zero-order valence-electron chi connectivity index (χ0n) is 19.5. The largest absolute Gasteiger partial charge is 0.463 e. The van der Waals surface area contributed by atoms with Crippen molar-refractivity contribution in [1.29, 1.82) is 0 Å². The number of benzene rings is 1. The van der Waals surface area contributed by atoms with Gasteiger partial charge in [0.25, 0.3) is 0 Å². The number of alkyl halides is 1. The standard InChI is InChI=1S/C25H26F2N4O3S/c1-5-10-34-21-13-29-22(15(2)30-21)19(32)12-16-6-7-18(27)17(11-16)24(3)20-8-9-25(14-26,23(28)31-24)35(20,4)33/h1,6-7,11,13,20H,4,8-10,12,14H2,2-3H3,(H2,28,31)/t20?,24-,25+,35?/m1/s1. The van der Waals surface area contributed by atoms with Crippen molar-refractivity contribution in [3.8, 4) is 18.2 Å². The second kappa shape index (κ2) is 8.72. The van der Waals surface area contributed by atoms with Gasteiger partial charge in [-0.1, -0.05) is 12.0 Å². The zero-order valence-corrected chi connectivity index (χ0v) is 20.3. The summed E-state index contributed by atoms with van der Waals surface area (Å²) in [7, 11) is -3.06. The summed E-state index contributed by atoms with van der Waals surface area (Å²) in [6.07, 6.45) is 6.98. The Labute approximate surface area is 203 Å². The lowest BCUT2D eigenvalue weighted by Crippen LogP contribution is -2.58. The maximum absolute atomic E-state index is 15.1. The molecule has 0 amide bonds. The first-order chi connectivity index (χ1) is 16.5. The second-order valence-electron chi connectivity index (χ2n) is 9.08. The van der Waals surface area contributed by atoms with Gasteiger partial charge in [0, 0.05) is 12.0 Å². The lowest BCUT2D eigenvalue weighted by atomic mass is 9.85. The Morgan fingerprint density at radius 2 is 2.20 bits per heavy atom. The van der Waals surface area contributed by atoms with Gasteiger partial charge in [0.15, 0.2) is 12.4 Å². The van der Waals surface area contributed by atoms with Crippen LogP contribution in [0.2, 0.25) is 0 Å². The van der Waals surface area contributed by atoms with E-state index in [1.54, 1.807) is 13.8 Å². The van der Waals surface area contributed by atoms with Gasteiger partial charge in [-0.15, -0.1) is 6.42 Å². The number of nitrogens with two attached hydrogens (primary N) is 1. The molecule has 0 aliphatic carbocycles. The van der Waals surface area contributed by atoms with Crippen LogP contribution in [0.5, 0.6) is 5.88 Å². The highest BCUT2D eigenvalue weighted by Crippen LogP contribution is 2.51. The van der Waals surface area contributed by atoms with Crippen LogP contribution in [0.3, 0.4) is 0 Å². The van der Waals surface area contributed by atoms with Gasteiger partial charge in [0.05, 0.1) is 17.1 Å². The molecule has 2 unspecified atom stereocenters. The van der Waals surface area contributed by atoms with Crippen LogP contribution in [0.1, 0.15) is 47.1 Å². The fourth-order valence-electron chi connectivity index (χ4n) is 5.10. The molecule has 2 bridgehead atoms. The molecule has 7 nitrogen and oxygen atoms in total. The number of ether oxygens (including phenoxy) is 1. The Balaban J connectivity index is 1.67. The third-order valence-electron chi connectivity index (χ3n) is 7.03. The van der Waals surface area contributed by atoms with Crippen LogP contribution in [-0.2, 0) is 21.5 Å². The molecular weight excluding hydrogens is 474 g/mol. The van der Waals surface area contributed by atoms with E-state index >= 15 is 4.39 Å². The Morgan fingerprint density at radius 1 is 1.46 bits per heavy atom. The zero-order chi connectivity index (χ0) is 25.6. The van der Waals surface area contributed by atoms with Gasteiger partial charge < -0.3 is 10.5 Å². The van der Waals surface area contributed by atoms with E-state index in [4.69, 9.17) is 16.9 Å². The molecule has 1 fully saturated rings. The van der Waals surface area contributed by atoms with Gasteiger partial charge in [-0.25, -0.2) is 18.7 Å². The number of terminal acetylenes is 1. The van der Waals surface area contributed by atoms with Crippen LogP contribution in [-0.4, -0.2) is 54.9 Å². The van der Waals surface area contributed by atoms with E-state index in [2.05, 4.69) is 26.8 Å². The minimum atomic E-state index is -3.06. The number of ketones is 1. The van der Waals surface area contributed by atoms with E-state index in [0.29, 0.717) is 17.7 Å². The Bertz CT molecular complexity index is 1390. The van der Waals surface area contributed by atoms with Gasteiger partial charge in [-0.05, 0) is 59.8 Å². The van der Waals surface area contributed by atoms with Crippen molar-refractivity contribution in [2.24, 2.45) is 10.7 Å². The molecule has 10 heteroatoms. The number of aryl methyl sites for hydroxylation is 1. The summed E-state index contributed by atoms with van der Waals surface area (Å²) >= 11 is 0. The number of hydrogen-bond acceptors (Lipinski definition) is 7. The molecule has 0 radical (unpaired) electrons. The van der Waals surface area contributed by atoms with E-state index < -0.39 is 37.5 Å². The number of carbonyl (C=O) groups is 1. The van der Waals surface area contributed by atoms with Crippen molar-refractivity contribution < 1.29 is 22.5 Å². The van der Waals surface area contributed by atoms with E-state index in [1.807, 2.05) is 0 Å². The van der Waals surface area contributed by atoms with Crippen molar-refractivity contribution >= 4 is 27.0 Å². The van der Waals surface area contributed by atoms with E-state index in [1.165, 1.54) is 24.4 Å². The first kappa shape index (κ1) is 24.8. The molecule has 2 aliphatic rings. The summed E-state index contributed by atoms with van der Waals surface area (Å²) in [5.74, 6) is 5.38. The molecule has 4 rings (SSSR count). The lowest BCUT2D eigenvalue weighted by Gasteiger charge is -2.42. The highest BCUT2D eigenvalue weighted by atomic mass is 32.2. The summed E-state index contributed by atoms with van der Waals surface area (Å²) in [6, 6.07) is 4.25. The normalized spacial score (nSPS) is 29.3. The molecule has 1 aromatic carbocycles. The van der Waals surface area contributed by atoms with Crippen molar-refractivity contribution in [3.63, 3.8) is 0 Å². The summed E-state index contributed by atoms with van der Waals surface area (Å²) in [4.78, 5) is 25.8. The van der Waals surface area contributed by atoms with Gasteiger partial charge in [0.2, 0.25) is 5.88 Å². The summed E-state index contributed by atoms with van der Waals surface area (Å²) in [5, 5.41) is -0.692. The van der Waals surface area contributed by atoms with Crippen LogP contribution >= 0.6 is 0 Å². The van der Waals surface area contributed by atoms with Crippen LogP contribution in [0, 0.1) is 25.1 Å². The minimum absolute atomic E-state index is 0.0264.